The lowest BCUT2D eigenvalue weighted by atomic mass is 9.79. The van der Waals surface area contributed by atoms with Gasteiger partial charge in [-0.1, -0.05) is 61.5 Å². The molecule has 5 heteroatoms. The molecule has 0 N–H and O–H groups in total. The molecule has 29 heavy (non-hydrogen) atoms. The average molecular weight is 422 g/mol. The van der Waals surface area contributed by atoms with Crippen molar-refractivity contribution in [1.82, 2.24) is 4.90 Å². The van der Waals surface area contributed by atoms with Gasteiger partial charge in [-0.05, 0) is 52.8 Å². The molecule has 2 rings (SSSR count). The predicted octanol–water partition coefficient (Wildman–Crippen LogP) is 4.96. The zero-order valence-corrected chi connectivity index (χ0v) is 20.3. The highest BCUT2D eigenvalue weighted by Gasteiger charge is 2.32. The molecular weight excluding hydrogens is 382 g/mol. The molecule has 4 nitrogen and oxygen atoms in total. The van der Waals surface area contributed by atoms with Crippen LogP contribution in [-0.4, -0.2) is 43.3 Å². The minimum atomic E-state index is -3.09. The highest BCUT2D eigenvalue weighted by molar-refractivity contribution is 7.92. The number of rotatable bonds is 4. The standard InChI is InChI=1S/C24H39NO3S/c1-17(2)16-29(27,28)21-9-11-25(12-10-21)22(26)18-13-19(23(3,4)5)15-20(14-18)24(6,7)8/h13-15,17,21H,9-12,16H2,1-8H3. The Labute approximate surface area is 178 Å². The fourth-order valence-electron chi connectivity index (χ4n) is 3.82. The molecule has 0 spiro atoms. The van der Waals surface area contributed by atoms with Crippen LogP contribution in [0.5, 0.6) is 0 Å². The van der Waals surface area contributed by atoms with Crippen molar-refractivity contribution in [3.8, 4) is 0 Å². The normalized spacial score (nSPS) is 17.1. The van der Waals surface area contributed by atoms with Gasteiger partial charge in [0.25, 0.3) is 5.91 Å². The van der Waals surface area contributed by atoms with Crippen LogP contribution in [0.25, 0.3) is 0 Å². The van der Waals surface area contributed by atoms with Crippen LogP contribution in [0.4, 0.5) is 0 Å². The van der Waals surface area contributed by atoms with Gasteiger partial charge >= 0.3 is 0 Å². The molecule has 0 radical (unpaired) electrons. The number of benzene rings is 1. The molecule has 1 fully saturated rings. The summed E-state index contributed by atoms with van der Waals surface area (Å²) < 4.78 is 25.1. The van der Waals surface area contributed by atoms with Crippen molar-refractivity contribution < 1.29 is 13.2 Å². The number of hydrogen-bond acceptors (Lipinski definition) is 3. The van der Waals surface area contributed by atoms with Gasteiger partial charge in [0.15, 0.2) is 9.84 Å². The van der Waals surface area contributed by atoms with Crippen molar-refractivity contribution in [3.05, 3.63) is 34.9 Å². The first-order valence-corrected chi connectivity index (χ1v) is 12.5. The smallest absolute Gasteiger partial charge is 0.253 e. The number of hydrogen-bond donors (Lipinski definition) is 0. The summed E-state index contributed by atoms with van der Waals surface area (Å²) in [5.41, 5.74) is 2.93. The first kappa shape index (κ1) is 23.9. The number of likely N-dealkylation sites (tertiary alicyclic amines) is 1. The quantitative estimate of drug-likeness (QED) is 0.691. The fourth-order valence-corrected chi connectivity index (χ4v) is 5.95. The van der Waals surface area contributed by atoms with E-state index in [1.54, 1.807) is 0 Å². The maximum Gasteiger partial charge on any atom is 0.253 e. The van der Waals surface area contributed by atoms with Crippen LogP contribution in [0.2, 0.25) is 0 Å². The van der Waals surface area contributed by atoms with Gasteiger partial charge < -0.3 is 4.90 Å². The van der Waals surface area contributed by atoms with Crippen molar-refractivity contribution in [1.29, 1.82) is 0 Å². The molecule has 1 amide bonds. The summed E-state index contributed by atoms with van der Waals surface area (Å²) in [5, 5.41) is -0.319. The third-order valence-electron chi connectivity index (χ3n) is 5.71. The molecule has 0 atom stereocenters. The van der Waals surface area contributed by atoms with Crippen LogP contribution in [0.1, 0.15) is 89.7 Å². The molecular formula is C24H39NO3S. The van der Waals surface area contributed by atoms with Crippen molar-refractivity contribution >= 4 is 15.7 Å². The van der Waals surface area contributed by atoms with Crippen molar-refractivity contribution in [3.63, 3.8) is 0 Å². The van der Waals surface area contributed by atoms with Crippen molar-refractivity contribution in [2.75, 3.05) is 18.8 Å². The highest BCUT2D eigenvalue weighted by Crippen LogP contribution is 2.31. The maximum atomic E-state index is 13.3. The largest absolute Gasteiger partial charge is 0.339 e. The topological polar surface area (TPSA) is 54.5 Å². The van der Waals surface area contributed by atoms with Gasteiger partial charge in [0.2, 0.25) is 0 Å². The van der Waals surface area contributed by atoms with E-state index in [9.17, 15) is 13.2 Å². The molecule has 0 aromatic heterocycles. The molecule has 1 aromatic rings. The lowest BCUT2D eigenvalue weighted by molar-refractivity contribution is 0.0725. The van der Waals surface area contributed by atoms with Crippen LogP contribution < -0.4 is 0 Å². The van der Waals surface area contributed by atoms with Crippen LogP contribution in [0.3, 0.4) is 0 Å². The second kappa shape index (κ2) is 8.41. The first-order chi connectivity index (χ1) is 13.1. The van der Waals surface area contributed by atoms with E-state index in [2.05, 4.69) is 47.6 Å². The van der Waals surface area contributed by atoms with Gasteiger partial charge in [-0.15, -0.1) is 0 Å². The minimum absolute atomic E-state index is 0.0151. The number of carbonyl (C=O) groups excluding carboxylic acids is 1. The number of amides is 1. The summed E-state index contributed by atoms with van der Waals surface area (Å²) >= 11 is 0. The fraction of sp³-hybridized carbons (Fsp3) is 0.708. The van der Waals surface area contributed by atoms with Crippen LogP contribution in [0.15, 0.2) is 18.2 Å². The Balaban J connectivity index is 2.23. The van der Waals surface area contributed by atoms with E-state index >= 15 is 0 Å². The second-order valence-electron chi connectivity index (χ2n) is 11.0. The van der Waals surface area contributed by atoms with Gasteiger partial charge in [0.1, 0.15) is 0 Å². The van der Waals surface area contributed by atoms with Crippen molar-refractivity contribution in [2.24, 2.45) is 5.92 Å². The summed E-state index contributed by atoms with van der Waals surface area (Å²) in [6.07, 6.45) is 1.07. The van der Waals surface area contributed by atoms with Crippen LogP contribution in [-0.2, 0) is 20.7 Å². The van der Waals surface area contributed by atoms with Crippen LogP contribution in [0, 0.1) is 5.92 Å². The molecule has 164 valence electrons. The molecule has 0 unspecified atom stereocenters. The predicted molar refractivity (Wildman–Crippen MR) is 121 cm³/mol. The third-order valence-corrected chi connectivity index (χ3v) is 8.33. The second-order valence-corrected chi connectivity index (χ2v) is 13.3. The Morgan fingerprint density at radius 2 is 1.41 bits per heavy atom. The third kappa shape index (κ3) is 6.07. The van der Waals surface area contributed by atoms with Gasteiger partial charge in [0, 0.05) is 18.7 Å². The maximum absolute atomic E-state index is 13.3. The molecule has 0 saturated carbocycles. The van der Waals surface area contributed by atoms with Crippen LogP contribution >= 0.6 is 0 Å². The molecule has 0 aliphatic carbocycles. The Morgan fingerprint density at radius 3 is 1.79 bits per heavy atom. The number of carbonyl (C=O) groups is 1. The molecule has 1 saturated heterocycles. The summed E-state index contributed by atoms with van der Waals surface area (Å²) in [6, 6.07) is 6.24. The molecule has 1 heterocycles. The summed E-state index contributed by atoms with van der Waals surface area (Å²) in [5.74, 6) is 0.380. The highest BCUT2D eigenvalue weighted by atomic mass is 32.2. The molecule has 1 aromatic carbocycles. The Morgan fingerprint density at radius 1 is 0.966 bits per heavy atom. The Kier molecular flexibility index (Phi) is 6.93. The number of piperidine rings is 1. The summed E-state index contributed by atoms with van der Waals surface area (Å²) in [7, 11) is -3.09. The molecule has 1 aliphatic heterocycles. The van der Waals surface area contributed by atoms with E-state index in [0.29, 0.717) is 31.5 Å². The van der Waals surface area contributed by atoms with Gasteiger partial charge in [-0.2, -0.15) is 0 Å². The summed E-state index contributed by atoms with van der Waals surface area (Å²) in [4.78, 5) is 15.1. The number of nitrogens with zero attached hydrogens (tertiary/aromatic N) is 1. The Bertz CT molecular complexity index is 802. The summed E-state index contributed by atoms with van der Waals surface area (Å²) in [6.45, 7) is 17.8. The van der Waals surface area contributed by atoms with Gasteiger partial charge in [-0.25, -0.2) is 8.42 Å². The zero-order valence-electron chi connectivity index (χ0n) is 19.5. The molecule has 0 bridgehead atoms. The van der Waals surface area contributed by atoms with E-state index in [4.69, 9.17) is 0 Å². The van der Waals surface area contributed by atoms with E-state index < -0.39 is 9.84 Å². The van der Waals surface area contributed by atoms with E-state index in [1.807, 2.05) is 30.9 Å². The van der Waals surface area contributed by atoms with Gasteiger partial charge in [0.05, 0.1) is 11.0 Å². The SMILES string of the molecule is CC(C)CS(=O)(=O)C1CCN(C(=O)c2cc(C(C)(C)C)cc(C(C)(C)C)c2)CC1. The van der Waals surface area contributed by atoms with Crippen molar-refractivity contribution in [2.45, 2.75) is 84.3 Å². The zero-order chi connectivity index (χ0) is 22.2. The number of sulfone groups is 1. The monoisotopic (exact) mass is 421 g/mol. The lowest BCUT2D eigenvalue weighted by Gasteiger charge is -2.33. The average Bonchev–Trinajstić information content (AvgIpc) is 2.58. The minimum Gasteiger partial charge on any atom is -0.339 e. The van der Waals surface area contributed by atoms with E-state index in [0.717, 1.165) is 11.1 Å². The first-order valence-electron chi connectivity index (χ1n) is 10.8. The van der Waals surface area contributed by atoms with Gasteiger partial charge in [-0.3, -0.25) is 4.79 Å². The lowest BCUT2D eigenvalue weighted by Crippen LogP contribution is -2.43. The van der Waals surface area contributed by atoms with E-state index in [-0.39, 0.29) is 33.7 Å². The van der Waals surface area contributed by atoms with E-state index in [1.165, 1.54) is 0 Å². The molecule has 1 aliphatic rings. The Hall–Kier alpha value is -1.36.